The highest BCUT2D eigenvalue weighted by Crippen LogP contribution is 2.21. The standard InChI is InChI=1S/C26H34N2O3/c1-2-24-23-16-15-22(26(29)30)20-25(23)28(27-24)17-9-3-4-10-18-31-19-11-8-14-21-12-6-5-7-13-21/h5-7,12-13,15-16,20H,2-4,8-11,14,17-19H2,1H3,(H,29,30). The van der Waals surface area contributed by atoms with Gasteiger partial charge in [0.05, 0.1) is 16.8 Å². The van der Waals surface area contributed by atoms with Crippen LogP contribution >= 0.6 is 0 Å². The molecule has 1 aromatic heterocycles. The Hall–Kier alpha value is -2.66. The fourth-order valence-corrected chi connectivity index (χ4v) is 3.91. The van der Waals surface area contributed by atoms with E-state index in [1.54, 1.807) is 12.1 Å². The second-order valence-electron chi connectivity index (χ2n) is 8.03. The van der Waals surface area contributed by atoms with Crippen LogP contribution in [0.3, 0.4) is 0 Å². The van der Waals surface area contributed by atoms with Crippen LogP contribution in [0.25, 0.3) is 10.9 Å². The number of carboxylic acids is 1. The molecule has 0 amide bonds. The first-order valence-electron chi connectivity index (χ1n) is 11.5. The van der Waals surface area contributed by atoms with Crippen LogP contribution in [0.2, 0.25) is 0 Å². The molecule has 3 rings (SSSR count). The Labute approximate surface area is 185 Å². The molecule has 0 fully saturated rings. The van der Waals surface area contributed by atoms with Crippen LogP contribution in [-0.2, 0) is 24.1 Å². The number of nitrogens with zero attached hydrogens (tertiary/aromatic N) is 2. The summed E-state index contributed by atoms with van der Waals surface area (Å²) < 4.78 is 7.75. The normalized spacial score (nSPS) is 11.3. The summed E-state index contributed by atoms with van der Waals surface area (Å²) >= 11 is 0. The van der Waals surface area contributed by atoms with Gasteiger partial charge in [0, 0.05) is 25.1 Å². The smallest absolute Gasteiger partial charge is 0.335 e. The number of hydrogen-bond acceptors (Lipinski definition) is 3. The molecular weight excluding hydrogens is 388 g/mol. The summed E-state index contributed by atoms with van der Waals surface area (Å²) in [6.07, 6.45) is 8.64. The monoisotopic (exact) mass is 422 g/mol. The Bertz CT molecular complexity index is 950. The van der Waals surface area contributed by atoms with Gasteiger partial charge in [-0.15, -0.1) is 0 Å². The van der Waals surface area contributed by atoms with E-state index in [9.17, 15) is 9.90 Å². The van der Waals surface area contributed by atoms with Gasteiger partial charge in [-0.1, -0.05) is 56.2 Å². The molecule has 5 heteroatoms. The van der Waals surface area contributed by atoms with E-state index in [1.807, 2.05) is 10.7 Å². The molecule has 0 aliphatic carbocycles. The first-order chi connectivity index (χ1) is 15.2. The zero-order chi connectivity index (χ0) is 21.9. The lowest BCUT2D eigenvalue weighted by Gasteiger charge is -2.06. The maximum Gasteiger partial charge on any atom is 0.335 e. The lowest BCUT2D eigenvalue weighted by Crippen LogP contribution is -2.02. The molecule has 3 aromatic rings. The fraction of sp³-hybridized carbons (Fsp3) is 0.462. The van der Waals surface area contributed by atoms with Gasteiger partial charge in [-0.2, -0.15) is 5.10 Å². The molecule has 2 aromatic carbocycles. The zero-order valence-corrected chi connectivity index (χ0v) is 18.6. The third-order valence-corrected chi connectivity index (χ3v) is 5.67. The molecule has 1 heterocycles. The predicted octanol–water partition coefficient (Wildman–Crippen LogP) is 5.90. The molecule has 0 spiro atoms. The number of carbonyl (C=O) groups is 1. The van der Waals surface area contributed by atoms with E-state index in [4.69, 9.17) is 9.84 Å². The first-order valence-corrected chi connectivity index (χ1v) is 11.5. The summed E-state index contributed by atoms with van der Waals surface area (Å²) in [5, 5.41) is 15.0. The van der Waals surface area contributed by atoms with Crippen molar-refractivity contribution in [3.05, 3.63) is 65.4 Å². The molecule has 1 N–H and O–H groups in total. The summed E-state index contributed by atoms with van der Waals surface area (Å²) in [7, 11) is 0. The van der Waals surface area contributed by atoms with Crippen molar-refractivity contribution in [3.63, 3.8) is 0 Å². The van der Waals surface area contributed by atoms with E-state index in [0.29, 0.717) is 5.56 Å². The minimum atomic E-state index is -0.896. The molecule has 0 saturated heterocycles. The van der Waals surface area contributed by atoms with Gasteiger partial charge in [0.25, 0.3) is 0 Å². The highest BCUT2D eigenvalue weighted by molar-refractivity contribution is 5.94. The summed E-state index contributed by atoms with van der Waals surface area (Å²) in [5.41, 5.74) is 3.68. The molecule has 0 radical (unpaired) electrons. The maximum absolute atomic E-state index is 11.3. The third-order valence-electron chi connectivity index (χ3n) is 5.67. The molecule has 166 valence electrons. The van der Waals surface area contributed by atoms with Crippen molar-refractivity contribution in [2.24, 2.45) is 0 Å². The number of benzene rings is 2. The lowest BCUT2D eigenvalue weighted by molar-refractivity contribution is 0.0697. The summed E-state index contributed by atoms with van der Waals surface area (Å²) in [6.45, 7) is 4.58. The van der Waals surface area contributed by atoms with Crippen molar-refractivity contribution >= 4 is 16.9 Å². The lowest BCUT2D eigenvalue weighted by atomic mass is 10.1. The minimum Gasteiger partial charge on any atom is -0.478 e. The van der Waals surface area contributed by atoms with Crippen molar-refractivity contribution < 1.29 is 14.6 Å². The van der Waals surface area contributed by atoms with Gasteiger partial charge in [-0.25, -0.2) is 4.79 Å². The third kappa shape index (κ3) is 6.93. The number of aromatic nitrogens is 2. The zero-order valence-electron chi connectivity index (χ0n) is 18.6. The Morgan fingerprint density at radius 2 is 1.71 bits per heavy atom. The molecule has 0 aliphatic rings. The van der Waals surface area contributed by atoms with Crippen LogP contribution < -0.4 is 0 Å². The van der Waals surface area contributed by atoms with Gasteiger partial charge in [0.2, 0.25) is 0 Å². The van der Waals surface area contributed by atoms with E-state index >= 15 is 0 Å². The molecule has 0 saturated carbocycles. The van der Waals surface area contributed by atoms with Crippen LogP contribution in [0.1, 0.15) is 67.1 Å². The van der Waals surface area contributed by atoms with Gasteiger partial charge >= 0.3 is 5.97 Å². The van der Waals surface area contributed by atoms with E-state index in [0.717, 1.165) is 81.3 Å². The number of ether oxygens (including phenoxy) is 1. The Kier molecular flexibility index (Phi) is 9.10. The number of rotatable bonds is 14. The molecule has 0 aliphatic heterocycles. The second-order valence-corrected chi connectivity index (χ2v) is 8.03. The number of aryl methyl sites for hydroxylation is 3. The average molecular weight is 423 g/mol. The van der Waals surface area contributed by atoms with E-state index < -0.39 is 5.97 Å². The van der Waals surface area contributed by atoms with Crippen LogP contribution in [-0.4, -0.2) is 34.1 Å². The van der Waals surface area contributed by atoms with E-state index in [-0.39, 0.29) is 0 Å². The van der Waals surface area contributed by atoms with Crippen LogP contribution in [0.15, 0.2) is 48.5 Å². The van der Waals surface area contributed by atoms with Gasteiger partial charge in [-0.05, 0) is 56.2 Å². The fourth-order valence-electron chi connectivity index (χ4n) is 3.91. The average Bonchev–Trinajstić information content (AvgIpc) is 3.15. The molecule has 0 atom stereocenters. The summed E-state index contributed by atoms with van der Waals surface area (Å²) in [4.78, 5) is 11.3. The van der Waals surface area contributed by atoms with Gasteiger partial charge < -0.3 is 9.84 Å². The molecule has 31 heavy (non-hydrogen) atoms. The maximum atomic E-state index is 11.3. The molecule has 0 bridgehead atoms. The molecular formula is C26H34N2O3. The molecule has 0 unspecified atom stereocenters. The SMILES string of the molecule is CCc1nn(CCCCCCOCCCCc2ccccc2)c2cc(C(=O)O)ccc12. The second kappa shape index (κ2) is 12.3. The van der Waals surface area contributed by atoms with Crippen LogP contribution in [0.5, 0.6) is 0 Å². The van der Waals surface area contributed by atoms with Gasteiger partial charge in [0.1, 0.15) is 0 Å². The number of aromatic carboxylic acids is 1. The quantitative estimate of drug-likeness (QED) is 0.329. The van der Waals surface area contributed by atoms with Crippen molar-refractivity contribution in [2.75, 3.05) is 13.2 Å². The van der Waals surface area contributed by atoms with E-state index in [1.165, 1.54) is 12.0 Å². The number of fused-ring (bicyclic) bond motifs is 1. The van der Waals surface area contributed by atoms with E-state index in [2.05, 4.69) is 37.3 Å². The predicted molar refractivity (Wildman–Crippen MR) is 125 cm³/mol. The number of hydrogen-bond donors (Lipinski definition) is 1. The highest BCUT2D eigenvalue weighted by atomic mass is 16.5. The van der Waals surface area contributed by atoms with Gasteiger partial charge in [0.15, 0.2) is 0 Å². The topological polar surface area (TPSA) is 64.4 Å². The summed E-state index contributed by atoms with van der Waals surface area (Å²) in [6, 6.07) is 15.9. The van der Waals surface area contributed by atoms with Crippen molar-refractivity contribution in [1.29, 1.82) is 0 Å². The number of carboxylic acid groups (broad SMARTS) is 1. The van der Waals surface area contributed by atoms with Crippen LogP contribution in [0.4, 0.5) is 0 Å². The Morgan fingerprint density at radius 1 is 0.968 bits per heavy atom. The Morgan fingerprint density at radius 3 is 2.45 bits per heavy atom. The largest absolute Gasteiger partial charge is 0.478 e. The first kappa shape index (κ1) is 23.0. The minimum absolute atomic E-state index is 0.317. The summed E-state index contributed by atoms with van der Waals surface area (Å²) in [5.74, 6) is -0.896. The Balaban J connectivity index is 1.30. The van der Waals surface area contributed by atoms with Crippen molar-refractivity contribution in [2.45, 2.75) is 64.8 Å². The number of unbranched alkanes of at least 4 members (excludes halogenated alkanes) is 4. The van der Waals surface area contributed by atoms with Crippen molar-refractivity contribution in [3.8, 4) is 0 Å². The van der Waals surface area contributed by atoms with Crippen molar-refractivity contribution in [1.82, 2.24) is 9.78 Å². The molecule has 5 nitrogen and oxygen atoms in total. The van der Waals surface area contributed by atoms with Crippen LogP contribution in [0, 0.1) is 0 Å². The van der Waals surface area contributed by atoms with Gasteiger partial charge in [-0.3, -0.25) is 4.68 Å². The highest BCUT2D eigenvalue weighted by Gasteiger charge is 2.12.